The van der Waals surface area contributed by atoms with Gasteiger partial charge in [-0.05, 0) is 47.8 Å². The molecule has 1 aliphatic heterocycles. The number of unbranched alkanes of at least 4 members (excludes halogenated alkanes) is 2. The SMILES string of the molecule is CCn1cc(Br)c(CNC(=O)CCCCCN2C(=O)c3ccccc3C2=O)n1. The monoisotopic (exact) mass is 446 g/mol. The van der Waals surface area contributed by atoms with Crippen LogP contribution in [0.4, 0.5) is 0 Å². The van der Waals surface area contributed by atoms with Crippen LogP contribution in [0.3, 0.4) is 0 Å². The first-order valence-electron chi connectivity index (χ1n) is 9.45. The third-order valence-corrected chi connectivity index (χ3v) is 5.39. The summed E-state index contributed by atoms with van der Waals surface area (Å²) in [6, 6.07) is 6.89. The molecule has 0 aliphatic carbocycles. The highest BCUT2D eigenvalue weighted by Gasteiger charge is 2.34. The average molecular weight is 447 g/mol. The van der Waals surface area contributed by atoms with E-state index in [4.69, 9.17) is 0 Å². The first-order chi connectivity index (χ1) is 13.5. The van der Waals surface area contributed by atoms with E-state index < -0.39 is 0 Å². The van der Waals surface area contributed by atoms with Gasteiger partial charge < -0.3 is 5.32 Å². The molecule has 2 heterocycles. The second-order valence-corrected chi connectivity index (χ2v) is 7.53. The minimum atomic E-state index is -0.226. The minimum Gasteiger partial charge on any atom is -0.350 e. The molecule has 1 aromatic heterocycles. The minimum absolute atomic E-state index is 0.0290. The highest BCUT2D eigenvalue weighted by atomic mass is 79.9. The second-order valence-electron chi connectivity index (χ2n) is 6.67. The molecule has 8 heteroatoms. The number of carbonyl (C=O) groups is 3. The van der Waals surface area contributed by atoms with E-state index in [2.05, 4.69) is 26.3 Å². The number of hydrogen-bond acceptors (Lipinski definition) is 4. The van der Waals surface area contributed by atoms with Gasteiger partial charge in [0.1, 0.15) is 0 Å². The van der Waals surface area contributed by atoms with Gasteiger partial charge in [0.05, 0.1) is 27.8 Å². The zero-order valence-electron chi connectivity index (χ0n) is 15.8. The third kappa shape index (κ3) is 4.49. The van der Waals surface area contributed by atoms with E-state index in [0.717, 1.165) is 23.1 Å². The number of benzene rings is 1. The summed E-state index contributed by atoms with van der Waals surface area (Å²) in [7, 11) is 0. The number of imide groups is 1. The number of carbonyl (C=O) groups excluding carboxylic acids is 3. The average Bonchev–Trinajstić information content (AvgIpc) is 3.18. The zero-order chi connectivity index (χ0) is 20.1. The molecule has 0 atom stereocenters. The maximum Gasteiger partial charge on any atom is 0.261 e. The van der Waals surface area contributed by atoms with Crippen LogP contribution in [-0.4, -0.2) is 38.9 Å². The van der Waals surface area contributed by atoms with E-state index in [1.54, 1.807) is 24.3 Å². The molecule has 1 aromatic carbocycles. The number of fused-ring (bicyclic) bond motifs is 1. The van der Waals surface area contributed by atoms with Crippen LogP contribution in [0, 0.1) is 0 Å². The number of hydrogen-bond donors (Lipinski definition) is 1. The van der Waals surface area contributed by atoms with Gasteiger partial charge in [-0.2, -0.15) is 5.10 Å². The topological polar surface area (TPSA) is 84.3 Å². The van der Waals surface area contributed by atoms with Crippen molar-refractivity contribution in [2.75, 3.05) is 6.54 Å². The molecule has 0 spiro atoms. The maximum absolute atomic E-state index is 12.3. The Morgan fingerprint density at radius 2 is 1.79 bits per heavy atom. The van der Waals surface area contributed by atoms with Gasteiger partial charge in [-0.1, -0.05) is 18.6 Å². The fraction of sp³-hybridized carbons (Fsp3) is 0.400. The Hall–Kier alpha value is -2.48. The number of halogens is 1. The second kappa shape index (κ2) is 9.14. The molecule has 0 fully saturated rings. The number of rotatable bonds is 9. The molecule has 0 unspecified atom stereocenters. The molecule has 7 nitrogen and oxygen atoms in total. The molecule has 0 bridgehead atoms. The van der Waals surface area contributed by atoms with Crippen molar-refractivity contribution in [1.29, 1.82) is 0 Å². The molecule has 1 N–H and O–H groups in total. The van der Waals surface area contributed by atoms with Gasteiger partial charge in [-0.15, -0.1) is 0 Å². The van der Waals surface area contributed by atoms with Crippen molar-refractivity contribution in [3.8, 4) is 0 Å². The van der Waals surface area contributed by atoms with Gasteiger partial charge in [0.25, 0.3) is 11.8 Å². The lowest BCUT2D eigenvalue weighted by Gasteiger charge is -2.13. The lowest BCUT2D eigenvalue weighted by atomic mass is 10.1. The Kier molecular flexibility index (Phi) is 6.61. The van der Waals surface area contributed by atoms with Gasteiger partial charge in [0, 0.05) is 25.7 Å². The molecule has 2 aromatic rings. The summed E-state index contributed by atoms with van der Waals surface area (Å²) in [6.45, 7) is 3.56. The van der Waals surface area contributed by atoms with E-state index >= 15 is 0 Å². The van der Waals surface area contributed by atoms with Crippen molar-refractivity contribution in [3.63, 3.8) is 0 Å². The van der Waals surface area contributed by atoms with Crippen LogP contribution in [0.5, 0.6) is 0 Å². The van der Waals surface area contributed by atoms with Crippen molar-refractivity contribution >= 4 is 33.7 Å². The maximum atomic E-state index is 12.3. The van der Waals surface area contributed by atoms with Crippen LogP contribution in [0.1, 0.15) is 59.0 Å². The van der Waals surface area contributed by atoms with E-state index in [1.165, 1.54) is 4.90 Å². The van der Waals surface area contributed by atoms with E-state index in [1.807, 2.05) is 17.8 Å². The number of aromatic nitrogens is 2. The lowest BCUT2D eigenvalue weighted by Crippen LogP contribution is -2.30. The summed E-state index contributed by atoms with van der Waals surface area (Å²) in [5.41, 5.74) is 1.76. The van der Waals surface area contributed by atoms with Crippen LogP contribution < -0.4 is 5.32 Å². The molecular formula is C20H23BrN4O3. The van der Waals surface area contributed by atoms with Crippen LogP contribution >= 0.6 is 15.9 Å². The van der Waals surface area contributed by atoms with E-state index in [9.17, 15) is 14.4 Å². The van der Waals surface area contributed by atoms with Crippen molar-refractivity contribution in [2.24, 2.45) is 0 Å². The largest absolute Gasteiger partial charge is 0.350 e. The molecule has 148 valence electrons. The van der Waals surface area contributed by atoms with Crippen LogP contribution in [0.25, 0.3) is 0 Å². The molecule has 3 amide bonds. The molecule has 0 saturated heterocycles. The van der Waals surface area contributed by atoms with Crippen LogP contribution in [0.15, 0.2) is 34.9 Å². The fourth-order valence-corrected chi connectivity index (χ4v) is 3.62. The predicted molar refractivity (Wildman–Crippen MR) is 108 cm³/mol. The summed E-state index contributed by atoms with van der Waals surface area (Å²) in [6.07, 6.45) is 4.47. The Labute approximate surface area is 172 Å². The van der Waals surface area contributed by atoms with Crippen molar-refractivity contribution in [3.05, 3.63) is 51.8 Å². The first-order valence-corrected chi connectivity index (χ1v) is 10.2. The summed E-state index contributed by atoms with van der Waals surface area (Å²) >= 11 is 3.44. The number of nitrogens with zero attached hydrogens (tertiary/aromatic N) is 3. The van der Waals surface area contributed by atoms with Crippen molar-refractivity contribution < 1.29 is 14.4 Å². The fourth-order valence-electron chi connectivity index (χ4n) is 3.16. The molecule has 28 heavy (non-hydrogen) atoms. The molecule has 0 radical (unpaired) electrons. The molecular weight excluding hydrogens is 424 g/mol. The Morgan fingerprint density at radius 3 is 2.39 bits per heavy atom. The Morgan fingerprint density at radius 1 is 1.11 bits per heavy atom. The summed E-state index contributed by atoms with van der Waals surface area (Å²) in [4.78, 5) is 37.9. The number of amides is 3. The lowest BCUT2D eigenvalue weighted by molar-refractivity contribution is -0.121. The standard InChI is InChI=1S/C20H23BrN4O3/c1-2-24-13-16(21)17(23-24)12-22-18(26)10-4-3-7-11-25-19(27)14-8-5-6-9-15(14)20(25)28/h5-6,8-9,13H,2-4,7,10-12H2,1H3,(H,22,26). The summed E-state index contributed by atoms with van der Waals surface area (Å²) < 4.78 is 2.70. The predicted octanol–water partition coefficient (Wildman–Crippen LogP) is 3.14. The van der Waals surface area contributed by atoms with Crippen LogP contribution in [0.2, 0.25) is 0 Å². The Bertz CT molecular complexity index is 858. The Balaban J connectivity index is 1.35. The quantitative estimate of drug-likeness (QED) is 0.473. The third-order valence-electron chi connectivity index (χ3n) is 4.73. The van der Waals surface area contributed by atoms with Crippen LogP contribution in [-0.2, 0) is 17.9 Å². The van der Waals surface area contributed by atoms with Gasteiger partial charge >= 0.3 is 0 Å². The highest BCUT2D eigenvalue weighted by molar-refractivity contribution is 9.10. The van der Waals surface area contributed by atoms with Gasteiger partial charge in [0.15, 0.2) is 0 Å². The smallest absolute Gasteiger partial charge is 0.261 e. The highest BCUT2D eigenvalue weighted by Crippen LogP contribution is 2.22. The first kappa shape index (κ1) is 20.3. The molecule has 1 aliphatic rings. The zero-order valence-corrected chi connectivity index (χ0v) is 17.4. The van der Waals surface area contributed by atoms with Gasteiger partial charge in [0.2, 0.25) is 5.91 Å². The molecule has 3 rings (SSSR count). The normalized spacial score (nSPS) is 13.1. The summed E-state index contributed by atoms with van der Waals surface area (Å²) in [5.74, 6) is -0.482. The molecule has 0 saturated carbocycles. The van der Waals surface area contributed by atoms with E-state index in [-0.39, 0.29) is 17.7 Å². The van der Waals surface area contributed by atoms with Gasteiger partial charge in [-0.3, -0.25) is 24.0 Å². The van der Waals surface area contributed by atoms with Gasteiger partial charge in [-0.25, -0.2) is 0 Å². The number of nitrogens with one attached hydrogen (secondary N) is 1. The van der Waals surface area contributed by atoms with Crippen molar-refractivity contribution in [1.82, 2.24) is 20.0 Å². The summed E-state index contributed by atoms with van der Waals surface area (Å²) in [5, 5.41) is 7.24. The van der Waals surface area contributed by atoms with E-state index in [0.29, 0.717) is 43.5 Å². The van der Waals surface area contributed by atoms with Crippen molar-refractivity contribution in [2.45, 2.75) is 45.7 Å². The number of aryl methyl sites for hydroxylation is 1.